The maximum Gasteiger partial charge on any atom is 0.0618 e. The highest BCUT2D eigenvalue weighted by atomic mass is 15.2. The van der Waals surface area contributed by atoms with Crippen molar-refractivity contribution in [3.63, 3.8) is 0 Å². The summed E-state index contributed by atoms with van der Waals surface area (Å²) in [5, 5.41) is 17.0. The highest BCUT2D eigenvalue weighted by molar-refractivity contribution is 6.15. The van der Waals surface area contributed by atoms with Gasteiger partial charge in [0.15, 0.2) is 0 Å². The monoisotopic (exact) mass is 794 g/mol. The first-order valence-corrected chi connectivity index (χ1v) is 21.1. The normalized spacial score (nSPS) is 11.2. The SMILES string of the molecule is c1ccc(N(c2ccc(Nc3ccc(Nc4ccc(N(c5ccccc5)c5c6ccccc6cc6ccccc56)cc4)cc3)cc2)c2c3ccccc3cc3ccccc23)cc1. The third-order valence-electron chi connectivity index (χ3n) is 11.7. The Hall–Kier alpha value is -8.34. The quantitative estimate of drug-likeness (QED) is 0.135. The zero-order chi connectivity index (χ0) is 41.2. The molecule has 11 aromatic carbocycles. The fourth-order valence-electron chi connectivity index (χ4n) is 8.79. The predicted octanol–water partition coefficient (Wildman–Crippen LogP) is 16.7. The van der Waals surface area contributed by atoms with Crippen molar-refractivity contribution in [3.05, 3.63) is 243 Å². The van der Waals surface area contributed by atoms with Crippen LogP contribution >= 0.6 is 0 Å². The Bertz CT molecular complexity index is 2990. The van der Waals surface area contributed by atoms with Crippen LogP contribution in [0, 0.1) is 0 Å². The molecule has 0 aliphatic carbocycles. The van der Waals surface area contributed by atoms with E-state index in [0.717, 1.165) is 45.5 Å². The molecule has 0 atom stereocenters. The first-order valence-electron chi connectivity index (χ1n) is 21.1. The number of nitrogens with zero attached hydrogens (tertiary/aromatic N) is 2. The van der Waals surface area contributed by atoms with Gasteiger partial charge in [-0.2, -0.15) is 0 Å². The van der Waals surface area contributed by atoms with Crippen molar-refractivity contribution in [2.24, 2.45) is 0 Å². The molecule has 0 unspecified atom stereocenters. The van der Waals surface area contributed by atoms with Crippen LogP contribution in [0.2, 0.25) is 0 Å². The number of rotatable bonds is 10. The molecule has 11 aromatic rings. The van der Waals surface area contributed by atoms with E-state index >= 15 is 0 Å². The Balaban J connectivity index is 0.848. The van der Waals surface area contributed by atoms with Gasteiger partial charge in [0.1, 0.15) is 0 Å². The standard InChI is InChI=1S/C58H42N4/c1-3-19-49(20-4-1)61(57-53-23-11-7-15-41(53)39-42-16-8-12-24-54(42)57)51-35-31-47(32-36-51)59-45-27-29-46(30-28-45)60-48-33-37-52(38-34-48)62(50-21-5-2-6-22-50)58-55-25-13-9-17-43(55)40-44-18-10-14-26-56(44)58/h1-40,59-60H. The van der Waals surface area contributed by atoms with E-state index in [2.05, 4.69) is 263 Å². The van der Waals surface area contributed by atoms with Gasteiger partial charge in [0, 0.05) is 67.0 Å². The first-order chi connectivity index (χ1) is 30.7. The molecular formula is C58H42N4. The van der Waals surface area contributed by atoms with E-state index < -0.39 is 0 Å². The maximum absolute atomic E-state index is 3.62. The van der Waals surface area contributed by atoms with Crippen molar-refractivity contribution in [3.8, 4) is 0 Å². The number of anilines is 10. The molecule has 294 valence electrons. The van der Waals surface area contributed by atoms with Crippen LogP contribution in [-0.4, -0.2) is 0 Å². The van der Waals surface area contributed by atoms with Crippen LogP contribution in [0.3, 0.4) is 0 Å². The van der Waals surface area contributed by atoms with Gasteiger partial charge in [0.05, 0.1) is 11.4 Å². The lowest BCUT2D eigenvalue weighted by atomic mass is 9.99. The molecule has 0 spiro atoms. The van der Waals surface area contributed by atoms with Crippen molar-refractivity contribution in [1.29, 1.82) is 0 Å². The first kappa shape index (κ1) is 36.7. The minimum atomic E-state index is 1.01. The summed E-state index contributed by atoms with van der Waals surface area (Å²) < 4.78 is 0. The molecule has 0 aliphatic rings. The van der Waals surface area contributed by atoms with Crippen LogP contribution in [0.15, 0.2) is 243 Å². The van der Waals surface area contributed by atoms with E-state index in [1.54, 1.807) is 0 Å². The van der Waals surface area contributed by atoms with Crippen LogP contribution in [0.5, 0.6) is 0 Å². The van der Waals surface area contributed by atoms with E-state index in [0.29, 0.717) is 0 Å². The van der Waals surface area contributed by atoms with Crippen molar-refractivity contribution in [1.82, 2.24) is 0 Å². The molecule has 0 saturated carbocycles. The van der Waals surface area contributed by atoms with Gasteiger partial charge in [-0.3, -0.25) is 0 Å². The molecule has 4 nitrogen and oxygen atoms in total. The summed E-state index contributed by atoms with van der Waals surface area (Å²) in [5.74, 6) is 0. The lowest BCUT2D eigenvalue weighted by Crippen LogP contribution is -2.11. The zero-order valence-corrected chi connectivity index (χ0v) is 34.0. The molecule has 0 aromatic heterocycles. The largest absolute Gasteiger partial charge is 0.356 e. The molecule has 0 bridgehead atoms. The zero-order valence-electron chi connectivity index (χ0n) is 34.0. The molecule has 0 amide bonds. The Labute approximate surface area is 361 Å². The average molecular weight is 795 g/mol. The van der Waals surface area contributed by atoms with Gasteiger partial charge in [0.2, 0.25) is 0 Å². The molecule has 0 heterocycles. The van der Waals surface area contributed by atoms with Crippen LogP contribution in [0.1, 0.15) is 0 Å². The number of fused-ring (bicyclic) bond motifs is 4. The summed E-state index contributed by atoms with van der Waals surface area (Å²) in [4.78, 5) is 4.76. The topological polar surface area (TPSA) is 30.5 Å². The fraction of sp³-hybridized carbons (Fsp3) is 0. The Morgan fingerprint density at radius 3 is 0.774 bits per heavy atom. The van der Waals surface area contributed by atoms with Gasteiger partial charge in [0.25, 0.3) is 0 Å². The molecule has 4 heteroatoms. The van der Waals surface area contributed by atoms with Crippen LogP contribution in [-0.2, 0) is 0 Å². The third kappa shape index (κ3) is 7.00. The van der Waals surface area contributed by atoms with E-state index in [4.69, 9.17) is 0 Å². The maximum atomic E-state index is 3.62. The van der Waals surface area contributed by atoms with Gasteiger partial charge in [-0.05, 0) is 131 Å². The molecule has 0 fully saturated rings. The third-order valence-corrected chi connectivity index (χ3v) is 11.7. The summed E-state index contributed by atoms with van der Waals surface area (Å²) in [6.45, 7) is 0. The van der Waals surface area contributed by atoms with Gasteiger partial charge in [-0.25, -0.2) is 0 Å². The van der Waals surface area contributed by atoms with E-state index in [1.165, 1.54) is 54.5 Å². The van der Waals surface area contributed by atoms with Crippen molar-refractivity contribution < 1.29 is 0 Å². The minimum absolute atomic E-state index is 1.01. The van der Waals surface area contributed by atoms with Crippen molar-refractivity contribution in [2.75, 3.05) is 20.4 Å². The lowest BCUT2D eigenvalue weighted by molar-refractivity contribution is 1.31. The predicted molar refractivity (Wildman–Crippen MR) is 265 cm³/mol. The second-order valence-electron chi connectivity index (χ2n) is 15.6. The van der Waals surface area contributed by atoms with Crippen LogP contribution in [0.25, 0.3) is 43.1 Å². The molecular weight excluding hydrogens is 753 g/mol. The van der Waals surface area contributed by atoms with Crippen molar-refractivity contribution >= 4 is 100.0 Å². The van der Waals surface area contributed by atoms with Gasteiger partial charge < -0.3 is 20.4 Å². The van der Waals surface area contributed by atoms with E-state index in [-0.39, 0.29) is 0 Å². The molecule has 0 saturated heterocycles. The second-order valence-corrected chi connectivity index (χ2v) is 15.6. The van der Waals surface area contributed by atoms with Gasteiger partial charge in [-0.15, -0.1) is 0 Å². The Kier molecular flexibility index (Phi) is 9.49. The average Bonchev–Trinajstić information content (AvgIpc) is 3.33. The molecule has 11 rings (SSSR count). The Morgan fingerprint density at radius 2 is 0.468 bits per heavy atom. The summed E-state index contributed by atoms with van der Waals surface area (Å²) in [6, 6.07) is 86.4. The summed E-state index contributed by atoms with van der Waals surface area (Å²) in [7, 11) is 0. The number of benzene rings is 11. The van der Waals surface area contributed by atoms with Crippen LogP contribution in [0.4, 0.5) is 56.9 Å². The lowest BCUT2D eigenvalue weighted by Gasteiger charge is -2.28. The van der Waals surface area contributed by atoms with E-state index in [1.807, 2.05) is 0 Å². The summed E-state index contributed by atoms with van der Waals surface area (Å²) in [5.41, 5.74) is 10.8. The Morgan fingerprint density at radius 1 is 0.226 bits per heavy atom. The van der Waals surface area contributed by atoms with Gasteiger partial charge >= 0.3 is 0 Å². The fourth-order valence-corrected chi connectivity index (χ4v) is 8.79. The summed E-state index contributed by atoms with van der Waals surface area (Å²) in [6.07, 6.45) is 0. The number of hydrogen-bond donors (Lipinski definition) is 2. The minimum Gasteiger partial charge on any atom is -0.356 e. The smallest absolute Gasteiger partial charge is 0.0618 e. The summed E-state index contributed by atoms with van der Waals surface area (Å²) >= 11 is 0. The highest BCUT2D eigenvalue weighted by Crippen LogP contribution is 2.45. The number of nitrogens with one attached hydrogen (secondary N) is 2. The second kappa shape index (κ2) is 16.0. The van der Waals surface area contributed by atoms with Crippen molar-refractivity contribution in [2.45, 2.75) is 0 Å². The molecule has 0 aliphatic heterocycles. The van der Waals surface area contributed by atoms with Crippen LogP contribution < -0.4 is 20.4 Å². The van der Waals surface area contributed by atoms with E-state index in [9.17, 15) is 0 Å². The highest BCUT2D eigenvalue weighted by Gasteiger charge is 2.20. The molecule has 0 radical (unpaired) electrons. The number of para-hydroxylation sites is 2. The molecule has 62 heavy (non-hydrogen) atoms. The molecule has 2 N–H and O–H groups in total. The number of hydrogen-bond acceptors (Lipinski definition) is 4. The van der Waals surface area contributed by atoms with Gasteiger partial charge in [-0.1, -0.05) is 133 Å².